The van der Waals surface area contributed by atoms with Crippen LogP contribution < -0.4 is 21.9 Å². The Morgan fingerprint density at radius 1 is 1.18 bits per heavy atom. The number of benzene rings is 1. The molecule has 171 valence electrons. The summed E-state index contributed by atoms with van der Waals surface area (Å²) < 4.78 is -0.151. The van der Waals surface area contributed by atoms with Gasteiger partial charge in [-0.25, -0.2) is 9.97 Å². The Morgan fingerprint density at radius 2 is 1.88 bits per heavy atom. The Balaban J connectivity index is 0.00000385. The number of carboxylic acids is 1. The first kappa shape index (κ1) is 26.0. The zero-order valence-corrected chi connectivity index (χ0v) is 18.3. The molecule has 1 aromatic carbocycles. The maximum atomic E-state index is 12.3. The number of nitrogens with one attached hydrogen (secondary N) is 3. The molecule has 0 aliphatic carbocycles. The normalized spacial score (nSPS) is 11.3. The van der Waals surface area contributed by atoms with Gasteiger partial charge in [-0.1, -0.05) is 0 Å². The van der Waals surface area contributed by atoms with Crippen molar-refractivity contribution in [3.8, 4) is 0 Å². The Kier molecular flexibility index (Phi) is 9.13. The monoisotopic (exact) mass is 494 g/mol. The average molecular weight is 495 g/mol. The molecule has 33 heavy (non-hydrogen) atoms. The van der Waals surface area contributed by atoms with Crippen molar-refractivity contribution in [3.05, 3.63) is 52.1 Å². The van der Waals surface area contributed by atoms with Gasteiger partial charge < -0.3 is 5.73 Å². The van der Waals surface area contributed by atoms with Gasteiger partial charge in [-0.15, -0.1) is 0 Å². The molecular formula is C19H18CuLiN7O5. The standard InChI is InChI=1S/C19H18N7O5.Cu.Li/c20-19-25-15-14(17(29)26-19)23-12(9-22-15)8-21-11-5-3-10(4-6-11)16(28)24-13(18(30)31)2-1-7-27;;/h3-6,9,13,21H,1-2,8H2,(H,24,28)(H,30,31)(H3,20,22,25,26,29);;/t13-;;/m0../s1. The molecule has 2 heterocycles. The van der Waals surface area contributed by atoms with Gasteiger partial charge in [0.1, 0.15) is 0 Å². The number of carboxylic acid groups (broad SMARTS) is 1. The Bertz CT molecular complexity index is 1240. The first-order valence-corrected chi connectivity index (χ1v) is 9.61. The molecule has 0 fully saturated rings. The van der Waals surface area contributed by atoms with Crippen molar-refractivity contribution in [3.63, 3.8) is 0 Å². The van der Waals surface area contributed by atoms with Crippen LogP contribution in [0.25, 0.3) is 11.2 Å². The number of nitrogen functional groups attached to an aromatic ring is 1. The van der Waals surface area contributed by atoms with E-state index < -0.39 is 23.5 Å². The van der Waals surface area contributed by atoms with Gasteiger partial charge in [-0.2, -0.15) is 4.98 Å². The van der Waals surface area contributed by atoms with Crippen LogP contribution in [-0.2, 0) is 33.2 Å². The number of nitrogens with two attached hydrogens (primary N) is 1. The van der Waals surface area contributed by atoms with Gasteiger partial charge in [0.15, 0.2) is 11.2 Å². The van der Waals surface area contributed by atoms with Crippen LogP contribution in [0.3, 0.4) is 0 Å². The molecule has 3 rings (SSSR count). The van der Waals surface area contributed by atoms with E-state index in [9.17, 15) is 24.3 Å². The number of carbonyl (C=O) groups excluding carboxylic acids is 2. The SMILES string of the molecule is [Cu].[Li][C](=O)CC[C@H](NC(=O)c1ccc(NCc2cnc3nc(N)[nH]c(=O)c3n2)cc1)C(=O)O. The number of H-pyrrole nitrogens is 1. The van der Waals surface area contributed by atoms with Crippen molar-refractivity contribution in [2.75, 3.05) is 11.1 Å². The van der Waals surface area contributed by atoms with Crippen LogP contribution in [-0.4, -0.2) is 65.1 Å². The first-order valence-electron chi connectivity index (χ1n) is 9.61. The second kappa shape index (κ2) is 11.6. The molecule has 1 radical (unpaired) electrons. The van der Waals surface area contributed by atoms with Crippen molar-refractivity contribution < 1.29 is 36.6 Å². The summed E-state index contributed by atoms with van der Waals surface area (Å²) >= 11 is 1.36. The van der Waals surface area contributed by atoms with Crippen LogP contribution in [0.15, 0.2) is 35.3 Å². The van der Waals surface area contributed by atoms with Gasteiger partial charge in [0.2, 0.25) is 5.95 Å². The molecule has 2 aromatic heterocycles. The number of nitrogens with zero attached hydrogens (tertiary/aromatic N) is 3. The van der Waals surface area contributed by atoms with E-state index in [1.165, 1.54) is 36.0 Å². The predicted molar refractivity (Wildman–Crippen MR) is 115 cm³/mol. The van der Waals surface area contributed by atoms with Crippen LogP contribution in [0.2, 0.25) is 0 Å². The number of hydrogen-bond acceptors (Lipinski definition) is 9. The van der Waals surface area contributed by atoms with Gasteiger partial charge in [0.25, 0.3) is 5.56 Å². The summed E-state index contributed by atoms with van der Waals surface area (Å²) in [6.45, 7) is 0.254. The third-order valence-electron chi connectivity index (χ3n) is 4.50. The number of amides is 1. The Hall–Kier alpha value is -3.23. The molecular weight excluding hydrogens is 477 g/mol. The van der Waals surface area contributed by atoms with Gasteiger partial charge in [-0.3, -0.25) is 9.78 Å². The van der Waals surface area contributed by atoms with Crippen LogP contribution in [0.1, 0.15) is 28.9 Å². The number of aliphatic carboxylic acids is 1. The van der Waals surface area contributed by atoms with E-state index in [0.717, 1.165) is 0 Å². The molecule has 6 N–H and O–H groups in total. The van der Waals surface area contributed by atoms with Crippen LogP contribution in [0, 0.1) is 0 Å². The fraction of sp³-hybridized carbons (Fsp3) is 0.211. The fourth-order valence-electron chi connectivity index (χ4n) is 2.83. The molecule has 0 saturated carbocycles. The fourth-order valence-corrected chi connectivity index (χ4v) is 2.83. The summed E-state index contributed by atoms with van der Waals surface area (Å²) in [5.74, 6) is -1.80. The summed E-state index contributed by atoms with van der Waals surface area (Å²) in [4.78, 5) is 61.2. The molecule has 0 spiro atoms. The number of hydrogen-bond donors (Lipinski definition) is 5. The number of aromatic nitrogens is 4. The summed E-state index contributed by atoms with van der Waals surface area (Å²) in [7, 11) is 0. The van der Waals surface area contributed by atoms with Crippen LogP contribution >= 0.6 is 0 Å². The summed E-state index contributed by atoms with van der Waals surface area (Å²) in [5, 5.41) is 14.7. The molecule has 1 amide bonds. The second-order valence-corrected chi connectivity index (χ2v) is 7.02. The van der Waals surface area contributed by atoms with Gasteiger partial charge >= 0.3 is 125 Å². The van der Waals surface area contributed by atoms with E-state index in [2.05, 4.69) is 30.6 Å². The van der Waals surface area contributed by atoms with Crippen molar-refractivity contribution in [2.24, 2.45) is 0 Å². The summed E-state index contributed by atoms with van der Waals surface area (Å²) in [6, 6.07) is 5.20. The molecule has 1 atom stereocenters. The molecule has 12 nitrogen and oxygen atoms in total. The van der Waals surface area contributed by atoms with Gasteiger partial charge in [0, 0.05) is 17.1 Å². The molecule has 0 bridgehead atoms. The molecule has 0 unspecified atom stereocenters. The molecule has 0 aliphatic heterocycles. The maximum absolute atomic E-state index is 12.3. The quantitative estimate of drug-likeness (QED) is 0.243. The van der Waals surface area contributed by atoms with Crippen molar-refractivity contribution in [1.29, 1.82) is 0 Å². The summed E-state index contributed by atoms with van der Waals surface area (Å²) in [6.07, 6.45) is 1.55. The van der Waals surface area contributed by atoms with E-state index in [-0.39, 0.29) is 63.6 Å². The molecule has 3 aromatic rings. The van der Waals surface area contributed by atoms with Crippen molar-refractivity contribution >= 4 is 56.8 Å². The number of rotatable bonds is 9. The molecule has 14 heteroatoms. The van der Waals surface area contributed by atoms with Crippen molar-refractivity contribution in [1.82, 2.24) is 25.3 Å². The zero-order chi connectivity index (χ0) is 23.3. The number of fused-ring (bicyclic) bond motifs is 1. The predicted octanol–water partition coefficient (Wildman–Crippen LogP) is -0.437. The van der Waals surface area contributed by atoms with Gasteiger partial charge in [0.05, 0.1) is 11.9 Å². The minimum absolute atomic E-state index is 0. The van der Waals surface area contributed by atoms with Gasteiger partial charge in [-0.05, 0) is 0 Å². The molecule has 0 saturated heterocycles. The van der Waals surface area contributed by atoms with E-state index >= 15 is 0 Å². The minimum atomic E-state index is -1.20. The van der Waals surface area contributed by atoms with E-state index in [0.29, 0.717) is 11.4 Å². The number of aromatic amines is 1. The first-order chi connectivity index (χ1) is 15.2. The Labute approximate surface area is 206 Å². The number of carbonyl (C=O) groups is 3. The average Bonchev–Trinajstić information content (AvgIpc) is 2.75. The summed E-state index contributed by atoms with van der Waals surface area (Å²) in [5.41, 5.74) is 6.64. The number of anilines is 2. The van der Waals surface area contributed by atoms with Crippen LogP contribution in [0.5, 0.6) is 0 Å². The third-order valence-corrected chi connectivity index (χ3v) is 4.50. The van der Waals surface area contributed by atoms with Crippen LogP contribution in [0.4, 0.5) is 11.6 Å². The van der Waals surface area contributed by atoms with Crippen molar-refractivity contribution in [2.45, 2.75) is 25.4 Å². The second-order valence-electron chi connectivity index (χ2n) is 7.02. The Morgan fingerprint density at radius 3 is 2.52 bits per heavy atom. The van der Waals surface area contributed by atoms with E-state index in [1.54, 1.807) is 12.1 Å². The topological polar surface area (TPSA) is 193 Å². The van der Waals surface area contributed by atoms with E-state index in [1.807, 2.05) is 0 Å². The third kappa shape index (κ3) is 7.13. The van der Waals surface area contributed by atoms with E-state index in [4.69, 9.17) is 5.73 Å². The zero-order valence-electron chi connectivity index (χ0n) is 17.4. The molecule has 0 aliphatic rings.